The number of hydrogen-bond acceptors (Lipinski definition) is 6. The van der Waals surface area contributed by atoms with Crippen LogP contribution < -0.4 is 10.9 Å². The zero-order valence-corrected chi connectivity index (χ0v) is 16.3. The molecule has 3 heterocycles. The Hall–Kier alpha value is -3.13. The largest absolute Gasteiger partial charge is 0.463 e. The lowest BCUT2D eigenvalue weighted by atomic mass is 9.95. The molecular formula is C19H18ClN5O3. The highest BCUT2D eigenvalue weighted by Crippen LogP contribution is 2.38. The Labute approximate surface area is 165 Å². The smallest absolute Gasteiger partial charge is 0.338 e. The Bertz CT molecular complexity index is 1190. The van der Waals surface area contributed by atoms with Crippen molar-refractivity contribution in [3.05, 3.63) is 68.2 Å². The lowest BCUT2D eigenvalue weighted by Gasteiger charge is -2.29. The zero-order chi connectivity index (χ0) is 20.0. The second kappa shape index (κ2) is 6.79. The van der Waals surface area contributed by atoms with E-state index in [2.05, 4.69) is 15.4 Å². The Kier molecular flexibility index (Phi) is 4.43. The second-order valence-electron chi connectivity index (χ2n) is 6.48. The molecule has 1 aromatic carbocycles. The molecule has 8 nitrogen and oxygen atoms in total. The summed E-state index contributed by atoms with van der Waals surface area (Å²) in [4.78, 5) is 29.7. The standard InChI is InChI=1S/C19H18ClN5O3/c1-4-28-17(27)15-11(3)22-18-23-25-14(26)8-10(2)21-19(25)24(18)16(15)12-6-5-7-13(20)9-12/h5-9,16H,4H2,1-3H3,(H,22,23). The van der Waals surface area contributed by atoms with Crippen molar-refractivity contribution in [2.24, 2.45) is 0 Å². The van der Waals surface area contributed by atoms with Gasteiger partial charge in [-0.1, -0.05) is 23.7 Å². The SMILES string of the molecule is CCOC(=O)C1=C(C)Nc2nn3c(=O)cc(C)nc3n2C1c1cccc(Cl)c1. The van der Waals surface area contributed by atoms with Gasteiger partial charge in [0, 0.05) is 22.5 Å². The van der Waals surface area contributed by atoms with Crippen molar-refractivity contribution < 1.29 is 9.53 Å². The molecule has 3 aromatic rings. The van der Waals surface area contributed by atoms with E-state index < -0.39 is 12.0 Å². The summed E-state index contributed by atoms with van der Waals surface area (Å²) in [5.41, 5.74) is 2.02. The first kappa shape index (κ1) is 18.2. The van der Waals surface area contributed by atoms with Gasteiger partial charge in [-0.2, -0.15) is 4.52 Å². The molecule has 0 amide bonds. The van der Waals surface area contributed by atoms with Crippen LogP contribution in [0.15, 0.2) is 46.4 Å². The molecule has 28 heavy (non-hydrogen) atoms. The van der Waals surface area contributed by atoms with E-state index >= 15 is 0 Å². The van der Waals surface area contributed by atoms with E-state index in [0.29, 0.717) is 33.7 Å². The first-order valence-electron chi connectivity index (χ1n) is 8.80. The molecule has 9 heteroatoms. The molecule has 2 aromatic heterocycles. The minimum atomic E-state index is -0.597. The molecule has 1 aliphatic heterocycles. The molecule has 0 aliphatic carbocycles. The van der Waals surface area contributed by atoms with Crippen LogP contribution in [-0.4, -0.2) is 31.7 Å². The van der Waals surface area contributed by atoms with E-state index in [4.69, 9.17) is 16.3 Å². The first-order chi connectivity index (χ1) is 13.4. The van der Waals surface area contributed by atoms with Gasteiger partial charge in [-0.05, 0) is 38.5 Å². The maximum Gasteiger partial charge on any atom is 0.338 e. The maximum atomic E-state index is 12.8. The van der Waals surface area contributed by atoms with Crippen LogP contribution in [0.25, 0.3) is 5.78 Å². The van der Waals surface area contributed by atoms with E-state index in [9.17, 15) is 9.59 Å². The maximum absolute atomic E-state index is 12.8. The van der Waals surface area contributed by atoms with Crippen LogP contribution in [0.2, 0.25) is 5.02 Å². The summed E-state index contributed by atoms with van der Waals surface area (Å²) < 4.78 is 8.23. The normalized spacial score (nSPS) is 16.1. The van der Waals surface area contributed by atoms with Crippen LogP contribution in [0.5, 0.6) is 0 Å². The number of carbonyl (C=O) groups is 1. The van der Waals surface area contributed by atoms with Crippen LogP contribution in [0.3, 0.4) is 0 Å². The summed E-state index contributed by atoms with van der Waals surface area (Å²) in [5.74, 6) is 0.280. The van der Waals surface area contributed by atoms with Gasteiger partial charge in [0.2, 0.25) is 11.7 Å². The summed E-state index contributed by atoms with van der Waals surface area (Å²) in [5, 5.41) is 7.99. The van der Waals surface area contributed by atoms with Gasteiger partial charge in [0.25, 0.3) is 5.56 Å². The number of aryl methyl sites for hydroxylation is 1. The van der Waals surface area contributed by atoms with Gasteiger partial charge in [-0.25, -0.2) is 9.78 Å². The lowest BCUT2D eigenvalue weighted by molar-refractivity contribution is -0.139. The monoisotopic (exact) mass is 399 g/mol. The number of anilines is 1. The van der Waals surface area contributed by atoms with Crippen LogP contribution in [0.4, 0.5) is 5.95 Å². The first-order valence-corrected chi connectivity index (χ1v) is 9.17. The number of allylic oxidation sites excluding steroid dienone is 1. The van der Waals surface area contributed by atoms with Crippen molar-refractivity contribution in [2.75, 3.05) is 11.9 Å². The second-order valence-corrected chi connectivity index (χ2v) is 6.92. The van der Waals surface area contributed by atoms with E-state index in [0.717, 1.165) is 5.56 Å². The van der Waals surface area contributed by atoms with Crippen molar-refractivity contribution in [3.63, 3.8) is 0 Å². The average molecular weight is 400 g/mol. The van der Waals surface area contributed by atoms with Crippen molar-refractivity contribution in [1.29, 1.82) is 0 Å². The molecule has 1 unspecified atom stereocenters. The third kappa shape index (κ3) is 2.86. The van der Waals surface area contributed by atoms with Crippen LogP contribution in [-0.2, 0) is 9.53 Å². The number of carbonyl (C=O) groups excluding carboxylic acids is 1. The third-order valence-electron chi connectivity index (χ3n) is 4.54. The fourth-order valence-corrected chi connectivity index (χ4v) is 3.62. The minimum absolute atomic E-state index is 0.242. The topological polar surface area (TPSA) is 90.5 Å². The Balaban J connectivity index is 2.05. The summed E-state index contributed by atoms with van der Waals surface area (Å²) in [6.07, 6.45) is 0. The highest BCUT2D eigenvalue weighted by atomic mass is 35.5. The van der Waals surface area contributed by atoms with Gasteiger partial charge in [0.1, 0.15) is 0 Å². The number of esters is 1. The summed E-state index contributed by atoms with van der Waals surface area (Å²) in [6, 6.07) is 8.02. The van der Waals surface area contributed by atoms with Gasteiger partial charge in [-0.15, -0.1) is 5.10 Å². The number of fused-ring (bicyclic) bond motifs is 3. The van der Waals surface area contributed by atoms with Gasteiger partial charge < -0.3 is 10.1 Å². The van der Waals surface area contributed by atoms with E-state index in [-0.39, 0.29) is 12.2 Å². The number of nitrogens with zero attached hydrogens (tertiary/aromatic N) is 4. The molecule has 0 saturated carbocycles. The molecular weight excluding hydrogens is 382 g/mol. The third-order valence-corrected chi connectivity index (χ3v) is 4.78. The van der Waals surface area contributed by atoms with Gasteiger partial charge in [0.15, 0.2) is 0 Å². The van der Waals surface area contributed by atoms with Gasteiger partial charge in [-0.3, -0.25) is 9.36 Å². The number of hydrogen-bond donors (Lipinski definition) is 1. The average Bonchev–Trinajstić information content (AvgIpc) is 2.99. The predicted octanol–water partition coefficient (Wildman–Crippen LogP) is 2.70. The molecule has 0 saturated heterocycles. The number of ether oxygens (including phenoxy) is 1. The highest BCUT2D eigenvalue weighted by Gasteiger charge is 2.36. The van der Waals surface area contributed by atoms with Crippen LogP contribution in [0, 0.1) is 6.92 Å². The van der Waals surface area contributed by atoms with Gasteiger partial charge in [0.05, 0.1) is 18.2 Å². The molecule has 144 valence electrons. The van der Waals surface area contributed by atoms with Crippen LogP contribution >= 0.6 is 11.6 Å². The molecule has 0 fully saturated rings. The molecule has 1 N–H and O–H groups in total. The Morgan fingerprint density at radius 1 is 1.32 bits per heavy atom. The number of nitrogens with one attached hydrogen (secondary N) is 1. The summed E-state index contributed by atoms with van der Waals surface area (Å²) >= 11 is 6.22. The van der Waals surface area contributed by atoms with E-state index in [1.54, 1.807) is 43.5 Å². The molecule has 0 spiro atoms. The number of aromatic nitrogens is 4. The van der Waals surface area contributed by atoms with Crippen LogP contribution in [0.1, 0.15) is 31.1 Å². The van der Waals surface area contributed by atoms with E-state index in [1.165, 1.54) is 10.6 Å². The van der Waals surface area contributed by atoms with E-state index in [1.807, 2.05) is 6.07 Å². The van der Waals surface area contributed by atoms with Crippen molar-refractivity contribution in [2.45, 2.75) is 26.8 Å². The molecule has 4 rings (SSSR count). The van der Waals surface area contributed by atoms with Gasteiger partial charge >= 0.3 is 5.97 Å². The minimum Gasteiger partial charge on any atom is -0.463 e. The summed E-state index contributed by atoms with van der Waals surface area (Å²) in [7, 11) is 0. The van der Waals surface area contributed by atoms with Crippen molar-refractivity contribution in [1.82, 2.24) is 19.2 Å². The molecule has 0 bridgehead atoms. The molecule has 1 atom stereocenters. The Morgan fingerprint density at radius 3 is 2.82 bits per heavy atom. The fraction of sp³-hybridized carbons (Fsp3) is 0.263. The fourth-order valence-electron chi connectivity index (χ4n) is 3.42. The number of rotatable bonds is 3. The van der Waals surface area contributed by atoms with Crippen molar-refractivity contribution >= 4 is 29.3 Å². The Morgan fingerprint density at radius 2 is 2.11 bits per heavy atom. The molecule has 1 aliphatic rings. The van der Waals surface area contributed by atoms with Crippen molar-refractivity contribution in [3.8, 4) is 0 Å². The summed E-state index contributed by atoms with van der Waals surface area (Å²) in [6.45, 7) is 5.50. The highest BCUT2D eigenvalue weighted by molar-refractivity contribution is 6.30. The predicted molar refractivity (Wildman–Crippen MR) is 105 cm³/mol. The lowest BCUT2D eigenvalue weighted by Crippen LogP contribution is -2.29. The zero-order valence-electron chi connectivity index (χ0n) is 15.6. The quantitative estimate of drug-likeness (QED) is 0.681. The number of benzene rings is 1. The molecule has 0 radical (unpaired) electrons. The number of halogens is 1.